The molecule has 5 nitrogen and oxygen atoms in total. The van der Waals surface area contributed by atoms with E-state index >= 15 is 0 Å². The Hall–Kier alpha value is -0.825. The topological polar surface area (TPSA) is 82.5 Å². The van der Waals surface area contributed by atoms with Gasteiger partial charge < -0.3 is 10.0 Å². The summed E-state index contributed by atoms with van der Waals surface area (Å²) < 4.78 is 29.1. The molecule has 21 heavy (non-hydrogen) atoms. The molecule has 0 amide bonds. The Labute approximate surface area is 126 Å². The van der Waals surface area contributed by atoms with Crippen LogP contribution < -0.4 is 10.2 Å². The molecule has 0 saturated heterocycles. The number of hydrogen-bond acceptors (Lipinski definition) is 4. The highest BCUT2D eigenvalue weighted by atomic mass is 32.2. The van der Waals surface area contributed by atoms with Gasteiger partial charge in [0.05, 0.1) is 27.0 Å². The third-order valence-electron chi connectivity index (χ3n) is 3.67. The maximum atomic E-state index is 14.2. The molecular weight excluding hydrogens is 294 g/mol. The van der Waals surface area contributed by atoms with Crippen molar-refractivity contribution in [2.24, 2.45) is 0 Å². The molecule has 2 rings (SSSR count). The van der Waals surface area contributed by atoms with Crippen molar-refractivity contribution in [3.8, 4) is 0 Å². The number of nitrogens with zero attached hydrogens (tertiary/aromatic N) is 1. The van der Waals surface area contributed by atoms with Crippen molar-refractivity contribution < 1.29 is 18.6 Å². The van der Waals surface area contributed by atoms with Gasteiger partial charge in [-0.1, -0.05) is 0 Å². The van der Waals surface area contributed by atoms with Crippen LogP contribution in [-0.4, -0.2) is 31.1 Å². The van der Waals surface area contributed by atoms with Crippen LogP contribution in [0.2, 0.25) is 0 Å². The number of halogens is 1. The van der Waals surface area contributed by atoms with Crippen LogP contribution in [-0.2, 0) is 16.5 Å². The monoisotopic (exact) mass is 314 g/mol. The van der Waals surface area contributed by atoms with Gasteiger partial charge in [0.2, 0.25) is 0 Å². The third kappa shape index (κ3) is 3.34. The van der Waals surface area contributed by atoms with Crippen molar-refractivity contribution >= 4 is 23.6 Å². The number of nitrogens with one attached hydrogen (secondary N) is 1. The Kier molecular flexibility index (Phi) is 4.53. The average Bonchev–Trinajstić information content (AvgIpc) is 2.32. The third-order valence-corrected chi connectivity index (χ3v) is 5.35. The summed E-state index contributed by atoms with van der Waals surface area (Å²) in [5.74, 6) is -0.612. The van der Waals surface area contributed by atoms with Crippen molar-refractivity contribution in [1.82, 2.24) is 9.71 Å². The van der Waals surface area contributed by atoms with Crippen LogP contribution in [0.3, 0.4) is 0 Å². The van der Waals surface area contributed by atoms with E-state index in [0.717, 1.165) is 12.5 Å². The van der Waals surface area contributed by atoms with Crippen LogP contribution in [0.5, 0.6) is 0 Å². The summed E-state index contributed by atoms with van der Waals surface area (Å²) >= 11 is 0. The number of pyridine rings is 1. The zero-order valence-electron chi connectivity index (χ0n) is 12.4. The summed E-state index contributed by atoms with van der Waals surface area (Å²) in [6, 6.07) is 1.06. The van der Waals surface area contributed by atoms with Crippen molar-refractivity contribution in [3.63, 3.8) is 0 Å². The van der Waals surface area contributed by atoms with E-state index in [9.17, 15) is 8.60 Å². The molecule has 0 aliphatic heterocycles. The summed E-state index contributed by atoms with van der Waals surface area (Å²) in [5.41, 5.74) is -0.542. The number of aromatic nitrogens is 1. The van der Waals surface area contributed by atoms with Crippen LogP contribution in [0.15, 0.2) is 12.3 Å². The normalized spacial score (nSPS) is 19.0. The van der Waals surface area contributed by atoms with Gasteiger partial charge in [-0.3, -0.25) is 4.98 Å². The first-order chi connectivity index (χ1) is 9.66. The van der Waals surface area contributed by atoms with Gasteiger partial charge >= 0.3 is 7.12 Å². The molecule has 1 atom stereocenters. The second kappa shape index (κ2) is 5.76. The highest BCUT2D eigenvalue weighted by molar-refractivity contribution is 7.84. The van der Waals surface area contributed by atoms with Crippen molar-refractivity contribution in [3.05, 3.63) is 23.8 Å². The molecule has 1 aliphatic rings. The number of rotatable bonds is 4. The SMILES string of the molecule is CC(C)(C)S(=O)NC1(c2ncc(B(O)O)cc2F)CCC1. The molecule has 3 N–H and O–H groups in total. The summed E-state index contributed by atoms with van der Waals surface area (Å²) in [5, 5.41) is 18.1. The highest BCUT2D eigenvalue weighted by Gasteiger charge is 2.44. The maximum absolute atomic E-state index is 14.2. The Bertz CT molecular complexity index is 559. The lowest BCUT2D eigenvalue weighted by molar-refractivity contribution is 0.212. The van der Waals surface area contributed by atoms with Crippen LogP contribution in [0.4, 0.5) is 4.39 Å². The van der Waals surface area contributed by atoms with E-state index in [4.69, 9.17) is 10.0 Å². The summed E-state index contributed by atoms with van der Waals surface area (Å²) in [6.45, 7) is 5.53. The standard InChI is InChI=1S/C13H20BFN2O3S/c1-12(2,3)21(20)17-13(5-4-6-13)11-10(15)7-9(8-16-11)14(18)19/h7-8,17-19H,4-6H2,1-3H3. The lowest BCUT2D eigenvalue weighted by atomic mass is 9.74. The van der Waals surface area contributed by atoms with Gasteiger partial charge in [0.15, 0.2) is 0 Å². The van der Waals surface area contributed by atoms with Crippen LogP contribution in [0.25, 0.3) is 0 Å². The van der Waals surface area contributed by atoms with Crippen LogP contribution in [0, 0.1) is 5.82 Å². The fourth-order valence-electron chi connectivity index (χ4n) is 2.19. The minimum Gasteiger partial charge on any atom is -0.423 e. The molecule has 1 fully saturated rings. The molecule has 1 heterocycles. The first-order valence-corrected chi connectivity index (χ1v) is 8.02. The van der Waals surface area contributed by atoms with Crippen molar-refractivity contribution in [2.45, 2.75) is 50.3 Å². The average molecular weight is 314 g/mol. The van der Waals surface area contributed by atoms with E-state index in [1.54, 1.807) is 0 Å². The van der Waals surface area contributed by atoms with Crippen LogP contribution >= 0.6 is 0 Å². The minimum absolute atomic E-state index is 0.00247. The molecule has 0 bridgehead atoms. The Morgan fingerprint density at radius 3 is 2.43 bits per heavy atom. The van der Waals surface area contributed by atoms with E-state index in [0.29, 0.717) is 12.8 Å². The van der Waals surface area contributed by atoms with E-state index < -0.39 is 34.2 Å². The quantitative estimate of drug-likeness (QED) is 0.700. The predicted molar refractivity (Wildman–Crippen MR) is 80.6 cm³/mol. The first kappa shape index (κ1) is 16.5. The Morgan fingerprint density at radius 2 is 2.05 bits per heavy atom. The van der Waals surface area contributed by atoms with Gasteiger partial charge in [-0.15, -0.1) is 0 Å². The first-order valence-electron chi connectivity index (χ1n) is 6.87. The molecule has 1 aromatic heterocycles. The lowest BCUT2D eigenvalue weighted by Gasteiger charge is -2.43. The Morgan fingerprint density at radius 1 is 1.43 bits per heavy atom. The molecule has 116 valence electrons. The van der Waals surface area contributed by atoms with Gasteiger partial charge in [0.25, 0.3) is 0 Å². The Balaban J connectivity index is 2.31. The second-order valence-electron chi connectivity index (χ2n) is 6.39. The highest BCUT2D eigenvalue weighted by Crippen LogP contribution is 2.42. The fourth-order valence-corrected chi connectivity index (χ4v) is 3.16. The number of hydrogen-bond donors (Lipinski definition) is 3. The predicted octanol–water partition coefficient (Wildman–Crippen LogP) is 0.331. The van der Waals surface area contributed by atoms with Gasteiger partial charge in [0, 0.05) is 11.7 Å². The van der Waals surface area contributed by atoms with E-state index in [1.807, 2.05) is 20.8 Å². The van der Waals surface area contributed by atoms with Gasteiger partial charge in [-0.05, 0) is 46.1 Å². The van der Waals surface area contributed by atoms with Crippen molar-refractivity contribution in [2.75, 3.05) is 0 Å². The van der Waals surface area contributed by atoms with Crippen LogP contribution in [0.1, 0.15) is 45.7 Å². The summed E-state index contributed by atoms with van der Waals surface area (Å²) in [7, 11) is -3.09. The fraction of sp³-hybridized carbons (Fsp3) is 0.615. The zero-order chi connectivity index (χ0) is 15.8. The molecule has 1 aromatic rings. The molecule has 1 saturated carbocycles. The minimum atomic E-state index is -1.75. The van der Waals surface area contributed by atoms with Gasteiger partial charge in [-0.25, -0.2) is 13.3 Å². The van der Waals surface area contributed by atoms with Crippen molar-refractivity contribution in [1.29, 1.82) is 0 Å². The molecule has 0 radical (unpaired) electrons. The zero-order valence-corrected chi connectivity index (χ0v) is 13.2. The van der Waals surface area contributed by atoms with Gasteiger partial charge in [-0.2, -0.15) is 0 Å². The molecule has 1 unspecified atom stereocenters. The molecule has 1 aliphatic carbocycles. The molecule has 0 spiro atoms. The van der Waals surface area contributed by atoms with E-state index in [1.165, 1.54) is 6.20 Å². The summed E-state index contributed by atoms with van der Waals surface area (Å²) in [4.78, 5) is 4.04. The smallest absolute Gasteiger partial charge is 0.423 e. The van der Waals surface area contributed by atoms with E-state index in [2.05, 4.69) is 9.71 Å². The van der Waals surface area contributed by atoms with E-state index in [-0.39, 0.29) is 11.2 Å². The second-order valence-corrected chi connectivity index (χ2v) is 8.36. The van der Waals surface area contributed by atoms with Gasteiger partial charge in [0.1, 0.15) is 5.82 Å². The molecule has 0 aromatic carbocycles. The molecular formula is C13H20BFN2O3S. The lowest BCUT2D eigenvalue weighted by Crippen LogP contribution is -2.53. The maximum Gasteiger partial charge on any atom is 0.490 e. The molecule has 8 heteroatoms. The summed E-state index contributed by atoms with van der Waals surface area (Å²) in [6.07, 6.45) is 3.45. The largest absolute Gasteiger partial charge is 0.490 e.